The van der Waals surface area contributed by atoms with Gasteiger partial charge >= 0.3 is 5.97 Å². The summed E-state index contributed by atoms with van der Waals surface area (Å²) in [5.41, 5.74) is 4.00. The number of fused-ring (bicyclic) bond motifs is 2. The highest BCUT2D eigenvalue weighted by molar-refractivity contribution is 5.99. The summed E-state index contributed by atoms with van der Waals surface area (Å²) in [4.78, 5) is 46.1. The Morgan fingerprint density at radius 1 is 1.08 bits per heavy atom. The van der Waals surface area contributed by atoms with Gasteiger partial charge in [0, 0.05) is 42.2 Å². The van der Waals surface area contributed by atoms with E-state index in [1.165, 1.54) is 7.11 Å². The van der Waals surface area contributed by atoms with Crippen molar-refractivity contribution in [1.29, 1.82) is 0 Å². The van der Waals surface area contributed by atoms with Gasteiger partial charge in [-0.25, -0.2) is 4.79 Å². The van der Waals surface area contributed by atoms with Gasteiger partial charge in [0.25, 0.3) is 11.8 Å². The molecular weight excluding hydrogens is 470 g/mol. The van der Waals surface area contributed by atoms with Crippen molar-refractivity contribution in [3.05, 3.63) is 88.4 Å². The molecule has 0 saturated heterocycles. The number of nitrogens with zero attached hydrogens (tertiary/aromatic N) is 3. The van der Waals surface area contributed by atoms with Crippen LogP contribution >= 0.6 is 0 Å². The van der Waals surface area contributed by atoms with Crippen LogP contribution in [0.3, 0.4) is 0 Å². The van der Waals surface area contributed by atoms with E-state index in [-0.39, 0.29) is 11.8 Å². The fraction of sp³-hybridized carbons (Fsp3) is 0.286. The molecular formula is C28H27N5O4. The molecule has 1 fully saturated rings. The zero-order valence-corrected chi connectivity index (χ0v) is 20.7. The summed E-state index contributed by atoms with van der Waals surface area (Å²) < 4.78 is 4.98. The summed E-state index contributed by atoms with van der Waals surface area (Å²) in [7, 11) is 3.10. The topological polar surface area (TPSA) is 111 Å². The van der Waals surface area contributed by atoms with Crippen molar-refractivity contribution in [2.24, 2.45) is 0 Å². The Labute approximate surface area is 213 Å². The molecule has 0 atom stereocenters. The fourth-order valence-corrected chi connectivity index (χ4v) is 5.44. The number of aromatic nitrogens is 3. The number of amides is 2. The van der Waals surface area contributed by atoms with E-state index in [0.29, 0.717) is 36.5 Å². The standard InChI is InChI=1S/C28H27N5O4/c1-32(28(12-13-28)20-9-5-4-8-18(20)27(36)37-2)26(35)24-19-16-33(14-11-22(19)30-31-24)25(34)23-15-17-7-3-6-10-21(17)29-23/h3-10,15,29H,11-14,16H2,1-2H3,(H,30,31). The van der Waals surface area contributed by atoms with Crippen LogP contribution in [-0.4, -0.2) is 63.5 Å². The van der Waals surface area contributed by atoms with Gasteiger partial charge in [-0.15, -0.1) is 0 Å². The largest absolute Gasteiger partial charge is 0.465 e. The Morgan fingerprint density at radius 3 is 2.59 bits per heavy atom. The van der Waals surface area contributed by atoms with E-state index in [0.717, 1.165) is 40.6 Å². The van der Waals surface area contributed by atoms with Crippen LogP contribution in [0, 0.1) is 0 Å². The molecule has 37 heavy (non-hydrogen) atoms. The quantitative estimate of drug-likeness (QED) is 0.409. The molecule has 2 amide bonds. The zero-order valence-electron chi connectivity index (χ0n) is 20.7. The Kier molecular flexibility index (Phi) is 5.36. The normalized spacial score (nSPS) is 15.8. The van der Waals surface area contributed by atoms with Crippen LogP contribution in [0.4, 0.5) is 0 Å². The zero-order chi connectivity index (χ0) is 25.7. The third-order valence-electron chi connectivity index (χ3n) is 7.69. The number of carbonyl (C=O) groups excluding carboxylic acids is 3. The summed E-state index contributed by atoms with van der Waals surface area (Å²) in [6.45, 7) is 0.823. The van der Waals surface area contributed by atoms with Gasteiger partial charge in [-0.05, 0) is 36.6 Å². The molecule has 6 rings (SSSR count). The lowest BCUT2D eigenvalue weighted by Crippen LogP contribution is -2.40. The molecule has 2 aromatic heterocycles. The third-order valence-corrected chi connectivity index (χ3v) is 7.69. The summed E-state index contributed by atoms with van der Waals surface area (Å²) in [6.07, 6.45) is 2.06. The number of carbonyl (C=O) groups is 3. The molecule has 4 aromatic rings. The monoisotopic (exact) mass is 497 g/mol. The molecule has 0 spiro atoms. The minimum Gasteiger partial charge on any atom is -0.465 e. The summed E-state index contributed by atoms with van der Waals surface area (Å²) >= 11 is 0. The highest BCUT2D eigenvalue weighted by atomic mass is 16.5. The van der Waals surface area contributed by atoms with Crippen molar-refractivity contribution >= 4 is 28.7 Å². The minimum atomic E-state index is -0.595. The van der Waals surface area contributed by atoms with Gasteiger partial charge in [-0.2, -0.15) is 5.10 Å². The Hall–Kier alpha value is -4.40. The van der Waals surface area contributed by atoms with Crippen LogP contribution in [0.5, 0.6) is 0 Å². The maximum Gasteiger partial charge on any atom is 0.338 e. The highest BCUT2D eigenvalue weighted by Crippen LogP contribution is 2.52. The summed E-state index contributed by atoms with van der Waals surface area (Å²) in [5.74, 6) is -0.777. The number of benzene rings is 2. The van der Waals surface area contributed by atoms with Crippen LogP contribution < -0.4 is 0 Å². The number of hydrogen-bond donors (Lipinski definition) is 2. The van der Waals surface area contributed by atoms with E-state index in [2.05, 4.69) is 15.2 Å². The van der Waals surface area contributed by atoms with Crippen molar-refractivity contribution < 1.29 is 19.1 Å². The lowest BCUT2D eigenvalue weighted by atomic mass is 9.96. The van der Waals surface area contributed by atoms with Crippen molar-refractivity contribution in [2.45, 2.75) is 31.3 Å². The molecule has 1 aliphatic carbocycles. The SMILES string of the molecule is COC(=O)c1ccccc1C1(N(C)C(=O)c2n[nH]c3c2CN(C(=O)c2cc4ccccc4[nH]2)CC3)CC1. The van der Waals surface area contributed by atoms with Crippen LogP contribution in [0.1, 0.15) is 61.0 Å². The van der Waals surface area contributed by atoms with Gasteiger partial charge in [0.1, 0.15) is 5.69 Å². The van der Waals surface area contributed by atoms with Gasteiger partial charge in [0.05, 0.1) is 24.8 Å². The van der Waals surface area contributed by atoms with E-state index >= 15 is 0 Å². The number of para-hydroxylation sites is 1. The Balaban J connectivity index is 1.27. The number of esters is 1. The molecule has 9 heteroatoms. The van der Waals surface area contributed by atoms with Crippen LogP contribution in [0.15, 0.2) is 54.6 Å². The first-order chi connectivity index (χ1) is 17.9. The molecule has 0 bridgehead atoms. The lowest BCUT2D eigenvalue weighted by molar-refractivity contribution is 0.0586. The number of rotatable bonds is 5. The molecule has 0 unspecified atom stereocenters. The van der Waals surface area contributed by atoms with Crippen molar-refractivity contribution in [1.82, 2.24) is 25.0 Å². The van der Waals surface area contributed by atoms with Crippen LogP contribution in [0.2, 0.25) is 0 Å². The predicted molar refractivity (Wildman–Crippen MR) is 136 cm³/mol. The third kappa shape index (κ3) is 3.69. The number of methoxy groups -OCH3 is 1. The van der Waals surface area contributed by atoms with E-state index in [9.17, 15) is 14.4 Å². The molecule has 2 aliphatic rings. The van der Waals surface area contributed by atoms with E-state index in [1.807, 2.05) is 42.5 Å². The molecule has 1 saturated carbocycles. The molecule has 0 radical (unpaired) electrons. The first-order valence-electron chi connectivity index (χ1n) is 12.3. The summed E-state index contributed by atoms with van der Waals surface area (Å²) in [5, 5.41) is 8.37. The second-order valence-corrected chi connectivity index (χ2v) is 9.71. The smallest absolute Gasteiger partial charge is 0.338 e. The van der Waals surface area contributed by atoms with Crippen molar-refractivity contribution in [2.75, 3.05) is 20.7 Å². The first-order valence-corrected chi connectivity index (χ1v) is 12.3. The van der Waals surface area contributed by atoms with Crippen molar-refractivity contribution in [3.8, 4) is 0 Å². The number of nitrogens with one attached hydrogen (secondary N) is 2. The molecule has 2 aromatic carbocycles. The fourth-order valence-electron chi connectivity index (χ4n) is 5.44. The molecule has 1 aliphatic heterocycles. The van der Waals surface area contributed by atoms with E-state index in [4.69, 9.17) is 4.74 Å². The van der Waals surface area contributed by atoms with Crippen LogP contribution in [0.25, 0.3) is 10.9 Å². The Morgan fingerprint density at radius 2 is 1.84 bits per heavy atom. The average Bonchev–Trinajstić information content (AvgIpc) is 3.45. The van der Waals surface area contributed by atoms with Gasteiger partial charge in [-0.1, -0.05) is 36.4 Å². The average molecular weight is 498 g/mol. The minimum absolute atomic E-state index is 0.111. The summed E-state index contributed by atoms with van der Waals surface area (Å²) in [6, 6.07) is 16.9. The molecule has 9 nitrogen and oxygen atoms in total. The second kappa shape index (κ2) is 8.62. The lowest BCUT2D eigenvalue weighted by Gasteiger charge is -2.31. The maximum absolute atomic E-state index is 13.8. The number of hydrogen-bond acceptors (Lipinski definition) is 5. The van der Waals surface area contributed by atoms with Gasteiger partial charge in [-0.3, -0.25) is 14.7 Å². The molecule has 188 valence electrons. The van der Waals surface area contributed by atoms with Crippen molar-refractivity contribution in [3.63, 3.8) is 0 Å². The first kappa shape index (κ1) is 23.0. The molecule has 2 N–H and O–H groups in total. The highest BCUT2D eigenvalue weighted by Gasteiger charge is 2.52. The van der Waals surface area contributed by atoms with E-state index in [1.54, 1.807) is 29.0 Å². The number of ether oxygens (including phenoxy) is 1. The Bertz CT molecular complexity index is 1510. The van der Waals surface area contributed by atoms with Gasteiger partial charge < -0.3 is 19.5 Å². The van der Waals surface area contributed by atoms with E-state index < -0.39 is 11.5 Å². The second-order valence-electron chi connectivity index (χ2n) is 9.71. The van der Waals surface area contributed by atoms with Gasteiger partial charge in [0.2, 0.25) is 0 Å². The number of H-pyrrole nitrogens is 2. The maximum atomic E-state index is 13.8. The predicted octanol–water partition coefficient (Wildman–Crippen LogP) is 3.64. The number of aromatic amines is 2. The van der Waals surface area contributed by atoms with Crippen LogP contribution in [-0.2, 0) is 23.2 Å². The molecule has 3 heterocycles. The van der Waals surface area contributed by atoms with Gasteiger partial charge in [0.15, 0.2) is 5.69 Å².